The standard InChI is InChI=1S/C34H25F2P/c1-23-16-17-24-8-2-4-14-31(24)33(23)34-26(19-18-25-9-3-5-15-32(25)34)22-37(29-12-6-10-27(35)20-29)30-13-7-11-28(36)21-30/h2-21H,22H2,1H3. The summed E-state index contributed by atoms with van der Waals surface area (Å²) >= 11 is 0. The molecule has 0 bridgehead atoms. The Morgan fingerprint density at radius 3 is 1.68 bits per heavy atom. The number of hydrogen-bond acceptors (Lipinski definition) is 0. The van der Waals surface area contributed by atoms with Crippen molar-refractivity contribution in [3.8, 4) is 11.1 Å². The van der Waals surface area contributed by atoms with Gasteiger partial charge in [-0.25, -0.2) is 8.78 Å². The molecular formula is C34H25F2P. The Morgan fingerprint density at radius 2 is 1.08 bits per heavy atom. The first-order chi connectivity index (χ1) is 18.1. The molecule has 180 valence electrons. The van der Waals surface area contributed by atoms with Gasteiger partial charge in [-0.05, 0) is 93.5 Å². The van der Waals surface area contributed by atoms with Crippen molar-refractivity contribution in [3.63, 3.8) is 0 Å². The minimum Gasteiger partial charge on any atom is -0.207 e. The summed E-state index contributed by atoms with van der Waals surface area (Å²) in [4.78, 5) is 0. The molecule has 0 heterocycles. The second-order valence-electron chi connectivity index (χ2n) is 9.35. The Kier molecular flexibility index (Phi) is 6.28. The normalized spacial score (nSPS) is 11.5. The lowest BCUT2D eigenvalue weighted by Crippen LogP contribution is -2.14. The molecule has 0 unspecified atom stereocenters. The molecule has 0 aromatic heterocycles. The van der Waals surface area contributed by atoms with Crippen LogP contribution in [0.15, 0.2) is 121 Å². The van der Waals surface area contributed by atoms with Crippen LogP contribution >= 0.6 is 7.92 Å². The molecule has 0 N–H and O–H groups in total. The van der Waals surface area contributed by atoms with Gasteiger partial charge in [0, 0.05) is 6.16 Å². The fourth-order valence-electron chi connectivity index (χ4n) is 5.25. The van der Waals surface area contributed by atoms with Crippen molar-refractivity contribution in [1.82, 2.24) is 0 Å². The van der Waals surface area contributed by atoms with Crippen LogP contribution in [0.3, 0.4) is 0 Å². The van der Waals surface area contributed by atoms with Gasteiger partial charge in [0.2, 0.25) is 0 Å². The highest BCUT2D eigenvalue weighted by Crippen LogP contribution is 2.45. The lowest BCUT2D eigenvalue weighted by molar-refractivity contribution is 0.629. The number of fused-ring (bicyclic) bond motifs is 2. The average molecular weight is 503 g/mol. The Balaban J connectivity index is 1.62. The van der Waals surface area contributed by atoms with Gasteiger partial charge in [-0.15, -0.1) is 0 Å². The van der Waals surface area contributed by atoms with Crippen molar-refractivity contribution in [2.75, 3.05) is 0 Å². The van der Waals surface area contributed by atoms with E-state index in [1.165, 1.54) is 55.9 Å². The Bertz CT molecular complexity index is 1710. The van der Waals surface area contributed by atoms with Gasteiger partial charge in [-0.3, -0.25) is 0 Å². The molecule has 0 aliphatic rings. The molecule has 6 aromatic carbocycles. The Labute approximate surface area is 217 Å². The van der Waals surface area contributed by atoms with E-state index in [0.717, 1.165) is 10.6 Å². The molecule has 0 spiro atoms. The van der Waals surface area contributed by atoms with Crippen LogP contribution in [0.5, 0.6) is 0 Å². The summed E-state index contributed by atoms with van der Waals surface area (Å²) in [6, 6.07) is 39.2. The van der Waals surface area contributed by atoms with Gasteiger partial charge < -0.3 is 0 Å². The van der Waals surface area contributed by atoms with E-state index in [2.05, 4.69) is 79.7 Å². The zero-order chi connectivity index (χ0) is 25.4. The highest BCUT2D eigenvalue weighted by molar-refractivity contribution is 7.72. The molecule has 0 nitrogen and oxygen atoms in total. The number of benzene rings is 6. The van der Waals surface area contributed by atoms with Crippen molar-refractivity contribution in [2.45, 2.75) is 13.1 Å². The summed E-state index contributed by atoms with van der Waals surface area (Å²) < 4.78 is 28.8. The second kappa shape index (κ2) is 9.88. The molecule has 0 radical (unpaired) electrons. The van der Waals surface area contributed by atoms with Crippen LogP contribution in [0.1, 0.15) is 11.1 Å². The summed E-state index contributed by atoms with van der Waals surface area (Å²) in [6.07, 6.45) is 0.672. The van der Waals surface area contributed by atoms with Crippen molar-refractivity contribution in [1.29, 1.82) is 0 Å². The van der Waals surface area contributed by atoms with Gasteiger partial charge in [0.05, 0.1) is 0 Å². The average Bonchev–Trinajstić information content (AvgIpc) is 2.92. The first-order valence-electron chi connectivity index (χ1n) is 12.4. The van der Waals surface area contributed by atoms with E-state index >= 15 is 0 Å². The van der Waals surface area contributed by atoms with Gasteiger partial charge in [0.25, 0.3) is 0 Å². The third-order valence-electron chi connectivity index (χ3n) is 6.97. The monoisotopic (exact) mass is 502 g/mol. The first-order valence-corrected chi connectivity index (χ1v) is 13.9. The maximum absolute atomic E-state index is 14.4. The summed E-state index contributed by atoms with van der Waals surface area (Å²) in [5.74, 6) is -0.546. The molecule has 6 aromatic rings. The minimum absolute atomic E-state index is 0.273. The summed E-state index contributed by atoms with van der Waals surface area (Å²) in [7, 11) is -1.05. The summed E-state index contributed by atoms with van der Waals surface area (Å²) in [6.45, 7) is 2.16. The zero-order valence-electron chi connectivity index (χ0n) is 20.5. The predicted molar refractivity (Wildman–Crippen MR) is 154 cm³/mol. The van der Waals surface area contributed by atoms with Crippen LogP contribution in [0.25, 0.3) is 32.7 Å². The Morgan fingerprint density at radius 1 is 0.541 bits per heavy atom. The summed E-state index contributed by atoms with van der Waals surface area (Å²) in [5, 5.41) is 6.56. The lowest BCUT2D eigenvalue weighted by atomic mass is 9.88. The molecule has 0 aliphatic heterocycles. The van der Waals surface area contributed by atoms with Crippen LogP contribution in [-0.4, -0.2) is 0 Å². The molecule has 0 aliphatic carbocycles. The number of halogens is 2. The summed E-state index contributed by atoms with van der Waals surface area (Å²) in [5.41, 5.74) is 4.81. The van der Waals surface area contributed by atoms with Gasteiger partial charge in [0.15, 0.2) is 0 Å². The fourth-order valence-corrected chi connectivity index (χ4v) is 7.60. The van der Waals surface area contributed by atoms with E-state index in [-0.39, 0.29) is 11.6 Å². The van der Waals surface area contributed by atoms with Gasteiger partial charge in [0.1, 0.15) is 11.6 Å². The quantitative estimate of drug-likeness (QED) is 0.207. The van der Waals surface area contributed by atoms with Gasteiger partial charge in [-0.1, -0.05) is 97.1 Å². The third-order valence-corrected chi connectivity index (χ3v) is 9.43. The fraction of sp³-hybridized carbons (Fsp3) is 0.0588. The third kappa shape index (κ3) is 4.54. The molecule has 3 heteroatoms. The van der Waals surface area contributed by atoms with E-state index < -0.39 is 7.92 Å². The molecule has 0 saturated heterocycles. The van der Waals surface area contributed by atoms with Crippen molar-refractivity contribution >= 4 is 40.1 Å². The lowest BCUT2D eigenvalue weighted by Gasteiger charge is -2.23. The second-order valence-corrected chi connectivity index (χ2v) is 11.6. The SMILES string of the molecule is Cc1ccc2ccccc2c1-c1c(CP(c2cccc(F)c2)c2cccc(F)c2)ccc2ccccc12. The zero-order valence-corrected chi connectivity index (χ0v) is 21.4. The van der Waals surface area contributed by atoms with Crippen LogP contribution in [0, 0.1) is 18.6 Å². The highest BCUT2D eigenvalue weighted by atomic mass is 31.1. The molecular weight excluding hydrogens is 477 g/mol. The van der Waals surface area contributed by atoms with Crippen molar-refractivity contribution in [2.24, 2.45) is 0 Å². The van der Waals surface area contributed by atoms with Crippen LogP contribution in [0.2, 0.25) is 0 Å². The molecule has 6 rings (SSSR count). The molecule has 0 fully saturated rings. The molecule has 37 heavy (non-hydrogen) atoms. The number of rotatable bonds is 5. The maximum atomic E-state index is 14.4. The van der Waals surface area contributed by atoms with E-state index in [1.807, 2.05) is 12.1 Å². The molecule has 0 saturated carbocycles. The number of aryl methyl sites for hydroxylation is 1. The topological polar surface area (TPSA) is 0 Å². The van der Waals surface area contributed by atoms with Crippen LogP contribution in [0.4, 0.5) is 8.78 Å². The molecule has 0 amide bonds. The Hall–Kier alpha value is -3.87. The highest BCUT2D eigenvalue weighted by Gasteiger charge is 2.21. The van der Waals surface area contributed by atoms with Gasteiger partial charge >= 0.3 is 0 Å². The van der Waals surface area contributed by atoms with E-state index in [0.29, 0.717) is 6.16 Å². The van der Waals surface area contributed by atoms with E-state index in [4.69, 9.17) is 0 Å². The largest absolute Gasteiger partial charge is 0.207 e. The van der Waals surface area contributed by atoms with Crippen molar-refractivity contribution < 1.29 is 8.78 Å². The van der Waals surface area contributed by atoms with Gasteiger partial charge in [-0.2, -0.15) is 0 Å². The predicted octanol–water partition coefficient (Wildman–Crippen LogP) is 8.88. The van der Waals surface area contributed by atoms with E-state index in [1.54, 1.807) is 24.3 Å². The first kappa shape index (κ1) is 23.5. The van der Waals surface area contributed by atoms with Crippen molar-refractivity contribution in [3.05, 3.63) is 144 Å². The minimum atomic E-state index is -1.05. The molecule has 0 atom stereocenters. The van der Waals surface area contributed by atoms with Crippen LogP contribution < -0.4 is 10.6 Å². The maximum Gasteiger partial charge on any atom is 0.123 e. The smallest absolute Gasteiger partial charge is 0.123 e. The van der Waals surface area contributed by atoms with Crippen LogP contribution in [-0.2, 0) is 6.16 Å². The van der Waals surface area contributed by atoms with E-state index in [9.17, 15) is 8.78 Å². The number of hydrogen-bond donors (Lipinski definition) is 0.